The molecule has 0 aliphatic heterocycles. The van der Waals surface area contributed by atoms with Crippen molar-refractivity contribution in [2.75, 3.05) is 0 Å². The molecule has 2 aromatic rings. The number of carboxylic acid groups (broad SMARTS) is 1. The number of aromatic nitrogens is 2. The summed E-state index contributed by atoms with van der Waals surface area (Å²) >= 11 is 0. The normalized spacial score (nSPS) is 11.5. The molecule has 9 heteroatoms. The standard InChI is InChI=1S/C6H3N3O3.C6H13NO2/c10-9(11)5-3-1-2-4-6(5)8-12-7-4;1-2-3-4-5(7)6(8)9/h1-3H;5H,2-4,7H2,1H3,(H,8,9). The molecule has 1 heterocycles. The molecule has 0 aliphatic carbocycles. The molecule has 0 spiro atoms. The fraction of sp³-hybridized carbons (Fsp3) is 0.417. The predicted molar refractivity (Wildman–Crippen MR) is 73.6 cm³/mol. The molecule has 0 radical (unpaired) electrons. The van der Waals surface area contributed by atoms with Gasteiger partial charge in [0.1, 0.15) is 11.6 Å². The minimum absolute atomic E-state index is 0.0891. The number of hydrogen-bond acceptors (Lipinski definition) is 7. The Kier molecular flexibility index (Phi) is 6.21. The molecule has 114 valence electrons. The fourth-order valence-electron chi connectivity index (χ4n) is 1.49. The molecule has 21 heavy (non-hydrogen) atoms. The molecule has 1 atom stereocenters. The lowest BCUT2D eigenvalue weighted by Crippen LogP contribution is -2.29. The van der Waals surface area contributed by atoms with Crippen molar-refractivity contribution >= 4 is 22.7 Å². The third-order valence-corrected chi connectivity index (χ3v) is 2.65. The Morgan fingerprint density at radius 1 is 1.52 bits per heavy atom. The predicted octanol–water partition coefficient (Wildman–Crippen LogP) is 1.72. The summed E-state index contributed by atoms with van der Waals surface area (Å²) in [5.74, 6) is -0.900. The molecule has 0 bridgehead atoms. The molecule has 2 rings (SSSR count). The highest BCUT2D eigenvalue weighted by Crippen LogP contribution is 2.21. The van der Waals surface area contributed by atoms with Crippen LogP contribution in [0.2, 0.25) is 0 Å². The van der Waals surface area contributed by atoms with Crippen LogP contribution in [0.4, 0.5) is 5.69 Å². The first-order valence-corrected chi connectivity index (χ1v) is 6.31. The first kappa shape index (κ1) is 16.5. The van der Waals surface area contributed by atoms with Crippen LogP contribution in [-0.2, 0) is 4.79 Å². The number of non-ortho nitro benzene ring substituents is 1. The third-order valence-electron chi connectivity index (χ3n) is 2.65. The average Bonchev–Trinajstić information content (AvgIpc) is 2.93. The van der Waals surface area contributed by atoms with Gasteiger partial charge in [0.25, 0.3) is 0 Å². The maximum atomic E-state index is 10.4. The van der Waals surface area contributed by atoms with Gasteiger partial charge >= 0.3 is 11.7 Å². The van der Waals surface area contributed by atoms with Gasteiger partial charge in [-0.1, -0.05) is 25.8 Å². The van der Waals surface area contributed by atoms with Gasteiger partial charge in [0.2, 0.25) is 5.52 Å². The minimum Gasteiger partial charge on any atom is -0.480 e. The lowest BCUT2D eigenvalue weighted by atomic mass is 10.1. The maximum Gasteiger partial charge on any atom is 0.320 e. The number of nitro groups is 1. The van der Waals surface area contributed by atoms with Gasteiger partial charge in [0.15, 0.2) is 0 Å². The van der Waals surface area contributed by atoms with E-state index in [0.717, 1.165) is 12.8 Å². The van der Waals surface area contributed by atoms with Crippen molar-refractivity contribution in [2.45, 2.75) is 32.2 Å². The van der Waals surface area contributed by atoms with Crippen LogP contribution in [0.1, 0.15) is 26.2 Å². The fourth-order valence-corrected chi connectivity index (χ4v) is 1.49. The largest absolute Gasteiger partial charge is 0.480 e. The van der Waals surface area contributed by atoms with E-state index < -0.39 is 16.9 Å². The number of unbranched alkanes of at least 4 members (excludes halogenated alkanes) is 1. The van der Waals surface area contributed by atoms with Gasteiger partial charge in [0, 0.05) is 6.07 Å². The number of aliphatic carboxylic acids is 1. The first-order valence-electron chi connectivity index (χ1n) is 6.31. The highest BCUT2D eigenvalue weighted by atomic mass is 16.6. The summed E-state index contributed by atoms with van der Waals surface area (Å²) < 4.78 is 4.35. The zero-order valence-corrected chi connectivity index (χ0v) is 11.4. The van der Waals surface area contributed by atoms with Crippen molar-refractivity contribution in [3.63, 3.8) is 0 Å². The molecule has 0 fully saturated rings. The molecule has 1 unspecified atom stereocenters. The van der Waals surface area contributed by atoms with Gasteiger partial charge in [-0.3, -0.25) is 14.9 Å². The number of benzene rings is 1. The Morgan fingerprint density at radius 2 is 2.24 bits per heavy atom. The Bertz CT molecular complexity index is 612. The van der Waals surface area contributed by atoms with Crippen LogP contribution >= 0.6 is 0 Å². The summed E-state index contributed by atoms with van der Waals surface area (Å²) in [4.78, 5) is 20.0. The van der Waals surface area contributed by atoms with E-state index in [1.54, 1.807) is 6.07 Å². The Labute approximate surface area is 119 Å². The van der Waals surface area contributed by atoms with Crippen molar-refractivity contribution in [1.82, 2.24) is 10.3 Å². The minimum atomic E-state index is -0.900. The summed E-state index contributed by atoms with van der Waals surface area (Å²) in [5, 5.41) is 25.6. The quantitative estimate of drug-likeness (QED) is 0.626. The number of hydrogen-bond donors (Lipinski definition) is 2. The summed E-state index contributed by atoms with van der Waals surface area (Å²) in [6.45, 7) is 2.01. The summed E-state index contributed by atoms with van der Waals surface area (Å²) in [6, 6.07) is 3.82. The smallest absolute Gasteiger partial charge is 0.320 e. The Balaban J connectivity index is 0.000000222. The van der Waals surface area contributed by atoms with E-state index in [0.29, 0.717) is 11.9 Å². The van der Waals surface area contributed by atoms with Crippen molar-refractivity contribution in [3.05, 3.63) is 28.3 Å². The van der Waals surface area contributed by atoms with E-state index in [1.165, 1.54) is 12.1 Å². The van der Waals surface area contributed by atoms with Crippen LogP contribution < -0.4 is 5.73 Å². The molecule has 0 amide bonds. The molecule has 0 saturated heterocycles. The maximum absolute atomic E-state index is 10.4. The lowest BCUT2D eigenvalue weighted by Gasteiger charge is -2.02. The van der Waals surface area contributed by atoms with Crippen LogP contribution in [0.15, 0.2) is 22.8 Å². The molecule has 1 aromatic heterocycles. The zero-order valence-electron chi connectivity index (χ0n) is 11.4. The van der Waals surface area contributed by atoms with E-state index in [2.05, 4.69) is 14.9 Å². The summed E-state index contributed by atoms with van der Waals surface area (Å²) in [5.41, 5.74) is 5.69. The van der Waals surface area contributed by atoms with Crippen molar-refractivity contribution in [2.24, 2.45) is 5.73 Å². The SMILES string of the molecule is CCCCC(N)C(=O)O.O=[N+]([O-])c1cccc2nonc12. The van der Waals surface area contributed by atoms with Gasteiger partial charge in [-0.05, 0) is 22.8 Å². The molecular weight excluding hydrogens is 280 g/mol. The molecule has 0 aliphatic rings. The number of nitrogens with zero attached hydrogens (tertiary/aromatic N) is 3. The van der Waals surface area contributed by atoms with Gasteiger partial charge in [-0.15, -0.1) is 0 Å². The molecule has 9 nitrogen and oxygen atoms in total. The second kappa shape index (κ2) is 7.90. The number of carboxylic acids is 1. The monoisotopic (exact) mass is 296 g/mol. The summed E-state index contributed by atoms with van der Waals surface area (Å²) in [7, 11) is 0. The van der Waals surface area contributed by atoms with E-state index >= 15 is 0 Å². The number of rotatable bonds is 5. The lowest BCUT2D eigenvalue weighted by molar-refractivity contribution is -0.383. The van der Waals surface area contributed by atoms with Crippen molar-refractivity contribution < 1.29 is 19.5 Å². The first-order chi connectivity index (χ1) is 9.97. The average molecular weight is 296 g/mol. The third kappa shape index (κ3) is 4.80. The van der Waals surface area contributed by atoms with Crippen LogP contribution in [0.3, 0.4) is 0 Å². The van der Waals surface area contributed by atoms with Crippen LogP contribution in [0.5, 0.6) is 0 Å². The van der Waals surface area contributed by atoms with Crippen LogP contribution in [0, 0.1) is 10.1 Å². The van der Waals surface area contributed by atoms with Gasteiger partial charge < -0.3 is 10.8 Å². The van der Waals surface area contributed by atoms with Gasteiger partial charge in [0.05, 0.1) is 4.92 Å². The Morgan fingerprint density at radius 3 is 2.81 bits per heavy atom. The molecule has 3 N–H and O–H groups in total. The van der Waals surface area contributed by atoms with E-state index in [-0.39, 0.29) is 11.2 Å². The van der Waals surface area contributed by atoms with Crippen LogP contribution in [0.25, 0.3) is 11.0 Å². The van der Waals surface area contributed by atoms with E-state index in [4.69, 9.17) is 10.8 Å². The van der Waals surface area contributed by atoms with Gasteiger partial charge in [-0.25, -0.2) is 4.63 Å². The highest BCUT2D eigenvalue weighted by molar-refractivity contribution is 5.82. The summed E-state index contributed by atoms with van der Waals surface area (Å²) in [6.07, 6.45) is 2.49. The van der Waals surface area contributed by atoms with Crippen molar-refractivity contribution in [1.29, 1.82) is 0 Å². The molecule has 1 aromatic carbocycles. The van der Waals surface area contributed by atoms with E-state index in [1.807, 2.05) is 6.92 Å². The molecule has 0 saturated carbocycles. The molecular formula is C12H16N4O5. The topological polar surface area (TPSA) is 145 Å². The number of carbonyl (C=O) groups is 1. The number of nitro benzene ring substituents is 1. The van der Waals surface area contributed by atoms with E-state index in [9.17, 15) is 14.9 Å². The Hall–Kier alpha value is -2.55. The second-order valence-electron chi connectivity index (χ2n) is 4.25. The highest BCUT2D eigenvalue weighted by Gasteiger charge is 2.14. The number of nitrogens with two attached hydrogens (primary N) is 1. The second-order valence-corrected chi connectivity index (χ2v) is 4.25. The number of fused-ring (bicyclic) bond motifs is 1. The zero-order chi connectivity index (χ0) is 15.8. The van der Waals surface area contributed by atoms with Gasteiger partial charge in [-0.2, -0.15) is 0 Å². The van der Waals surface area contributed by atoms with Crippen LogP contribution in [-0.4, -0.2) is 32.4 Å². The van der Waals surface area contributed by atoms with Crippen molar-refractivity contribution in [3.8, 4) is 0 Å².